The normalized spacial score (nSPS) is 23.5. The van der Waals surface area contributed by atoms with Crippen molar-refractivity contribution in [1.82, 2.24) is 0 Å². The summed E-state index contributed by atoms with van der Waals surface area (Å²) >= 11 is 0. The Kier molecular flexibility index (Phi) is 7.31. The highest BCUT2D eigenvalue weighted by Crippen LogP contribution is 2.33. The van der Waals surface area contributed by atoms with E-state index in [4.69, 9.17) is 23.7 Å². The number of hydrogen-bond donors (Lipinski definition) is 6. The van der Waals surface area contributed by atoms with Crippen molar-refractivity contribution in [3.63, 3.8) is 0 Å². The molecule has 2 heterocycles. The molecule has 0 amide bonds. The number of hydrogen-bond acceptors (Lipinski definition) is 12. The van der Waals surface area contributed by atoms with Crippen molar-refractivity contribution >= 4 is 22.9 Å². The molecule has 196 valence electrons. The van der Waals surface area contributed by atoms with Gasteiger partial charge >= 0.3 is 11.9 Å². The minimum Gasteiger partial charge on any atom is -0.508 e. The van der Waals surface area contributed by atoms with Crippen molar-refractivity contribution in [2.45, 2.75) is 37.1 Å². The number of carbonyl (C=O) groups is 2. The van der Waals surface area contributed by atoms with Gasteiger partial charge in [-0.3, -0.25) is 14.4 Å². The lowest BCUT2D eigenvalue weighted by molar-refractivity contribution is -0.278. The van der Waals surface area contributed by atoms with Gasteiger partial charge in [0.1, 0.15) is 71.9 Å². The van der Waals surface area contributed by atoms with Gasteiger partial charge in [0, 0.05) is 12.1 Å². The van der Waals surface area contributed by atoms with Crippen LogP contribution in [-0.2, 0) is 19.1 Å². The van der Waals surface area contributed by atoms with Gasteiger partial charge in [-0.2, -0.15) is 0 Å². The molecule has 1 aromatic heterocycles. The fraction of sp³-hybridized carbons (Fsp3) is 0.292. The first-order valence-electron chi connectivity index (χ1n) is 10.9. The molecule has 4 rings (SSSR count). The number of aliphatic hydroxyl groups is 3. The maximum absolute atomic E-state index is 13.0. The zero-order valence-electron chi connectivity index (χ0n) is 18.9. The van der Waals surface area contributed by atoms with Crippen LogP contribution in [-0.4, -0.2) is 79.9 Å². The topological polar surface area (TPSA) is 213 Å². The van der Waals surface area contributed by atoms with Gasteiger partial charge in [-0.25, -0.2) is 0 Å². The number of phenolic OH excluding ortho intramolecular Hbond substituents is 2. The van der Waals surface area contributed by atoms with Crippen molar-refractivity contribution in [3.8, 4) is 28.4 Å². The summed E-state index contributed by atoms with van der Waals surface area (Å²) in [7, 11) is 0. The first-order valence-corrected chi connectivity index (χ1v) is 10.9. The van der Waals surface area contributed by atoms with E-state index in [2.05, 4.69) is 0 Å². The molecule has 6 N–H and O–H groups in total. The van der Waals surface area contributed by atoms with E-state index in [0.717, 1.165) is 12.3 Å². The van der Waals surface area contributed by atoms with Crippen LogP contribution < -0.4 is 10.2 Å². The second kappa shape index (κ2) is 10.4. The molecule has 3 aromatic rings. The lowest BCUT2D eigenvalue weighted by Crippen LogP contribution is -2.60. The van der Waals surface area contributed by atoms with Crippen LogP contribution in [0.25, 0.3) is 22.1 Å². The Bertz CT molecular complexity index is 1360. The Morgan fingerprint density at radius 1 is 0.973 bits per heavy atom. The molecule has 1 aliphatic rings. The van der Waals surface area contributed by atoms with Crippen LogP contribution in [0, 0.1) is 0 Å². The summed E-state index contributed by atoms with van der Waals surface area (Å²) < 4.78 is 21.2. The lowest BCUT2D eigenvalue weighted by atomic mass is 9.99. The first-order chi connectivity index (χ1) is 17.5. The lowest BCUT2D eigenvalue weighted by Gasteiger charge is -2.39. The predicted molar refractivity (Wildman–Crippen MR) is 122 cm³/mol. The van der Waals surface area contributed by atoms with E-state index in [1.54, 1.807) is 0 Å². The molecule has 1 fully saturated rings. The number of fused-ring (bicyclic) bond motifs is 1. The minimum absolute atomic E-state index is 0.00369. The average Bonchev–Trinajstić information content (AvgIpc) is 2.84. The summed E-state index contributed by atoms with van der Waals surface area (Å²) in [6.45, 7) is -0.644. The van der Waals surface area contributed by atoms with Gasteiger partial charge in [-0.15, -0.1) is 0 Å². The summed E-state index contributed by atoms with van der Waals surface area (Å²) in [5.74, 6) is -3.19. The molecular weight excluding hydrogens is 496 g/mol. The summed E-state index contributed by atoms with van der Waals surface area (Å²) in [6.07, 6.45) is -8.04. The second-order valence-corrected chi connectivity index (χ2v) is 8.23. The van der Waals surface area contributed by atoms with E-state index in [9.17, 15) is 39.9 Å². The number of carboxylic acids is 1. The second-order valence-electron chi connectivity index (χ2n) is 8.23. The highest BCUT2D eigenvalue weighted by Gasteiger charge is 2.45. The molecule has 0 bridgehead atoms. The van der Waals surface area contributed by atoms with Crippen molar-refractivity contribution in [3.05, 3.63) is 52.9 Å². The maximum Gasteiger partial charge on any atom is 0.317 e. The van der Waals surface area contributed by atoms with Gasteiger partial charge < -0.3 is 49.3 Å². The van der Waals surface area contributed by atoms with Crippen molar-refractivity contribution in [2.75, 3.05) is 6.61 Å². The largest absolute Gasteiger partial charge is 0.508 e. The Morgan fingerprint density at radius 2 is 1.68 bits per heavy atom. The molecule has 2 unspecified atom stereocenters. The third-order valence-corrected chi connectivity index (χ3v) is 5.63. The third kappa shape index (κ3) is 5.49. The van der Waals surface area contributed by atoms with E-state index < -0.39 is 66.9 Å². The van der Waals surface area contributed by atoms with Crippen LogP contribution >= 0.6 is 0 Å². The van der Waals surface area contributed by atoms with Crippen molar-refractivity contribution < 1.29 is 58.9 Å². The zero-order valence-corrected chi connectivity index (χ0v) is 18.9. The number of rotatable bonds is 7. The van der Waals surface area contributed by atoms with E-state index in [1.807, 2.05) is 0 Å². The van der Waals surface area contributed by atoms with Crippen LogP contribution in [0.1, 0.15) is 6.42 Å². The van der Waals surface area contributed by atoms with E-state index in [1.165, 1.54) is 30.3 Å². The first kappa shape index (κ1) is 25.9. The molecule has 0 spiro atoms. The number of benzene rings is 2. The van der Waals surface area contributed by atoms with E-state index in [-0.39, 0.29) is 28.0 Å². The fourth-order valence-corrected chi connectivity index (χ4v) is 3.75. The molecule has 1 saturated heterocycles. The molecule has 0 aliphatic carbocycles. The molecule has 5 atom stereocenters. The van der Waals surface area contributed by atoms with Gasteiger partial charge in [0.15, 0.2) is 0 Å². The fourth-order valence-electron chi connectivity index (χ4n) is 3.75. The van der Waals surface area contributed by atoms with Gasteiger partial charge in [-0.1, -0.05) is 12.1 Å². The molecule has 0 saturated carbocycles. The Morgan fingerprint density at radius 3 is 2.35 bits per heavy atom. The quantitative estimate of drug-likeness (QED) is 0.181. The Balaban J connectivity index is 1.56. The van der Waals surface area contributed by atoms with Crippen LogP contribution in [0.4, 0.5) is 0 Å². The number of phenols is 2. The van der Waals surface area contributed by atoms with Gasteiger partial charge in [0.05, 0.1) is 5.56 Å². The van der Waals surface area contributed by atoms with Crippen LogP contribution in [0.5, 0.6) is 17.2 Å². The summed E-state index contributed by atoms with van der Waals surface area (Å²) in [5, 5.41) is 59.0. The number of aliphatic hydroxyl groups excluding tert-OH is 3. The SMILES string of the molecule is O=C(O)CC(=O)OCC1O[C@@H](Oc2cc(O)c3c(=O)c(-c4ccc(O)cc4)coc3c2)C(O)[C@@H](O)[C@H]1O. The summed E-state index contributed by atoms with van der Waals surface area (Å²) in [4.78, 5) is 35.0. The standard InChI is InChI=1S/C24H22O13/c25-11-3-1-10(2-4-11)13-8-34-15-6-12(5-14(26)19(15)20(13)30)36-24-23(33)22(32)21(31)16(37-24)9-35-18(29)7-17(27)28/h1-6,8,16,21-26,31-33H,7,9H2,(H,27,28)/t16?,21-,22-,23?,24+/m0/s1. The molecule has 1 aliphatic heterocycles. The number of aromatic hydroxyl groups is 2. The highest BCUT2D eigenvalue weighted by atomic mass is 16.7. The highest BCUT2D eigenvalue weighted by molar-refractivity contribution is 5.90. The number of aliphatic carboxylic acids is 1. The van der Waals surface area contributed by atoms with E-state index >= 15 is 0 Å². The molecule has 13 nitrogen and oxygen atoms in total. The average molecular weight is 518 g/mol. The smallest absolute Gasteiger partial charge is 0.317 e. The van der Waals surface area contributed by atoms with Gasteiger partial charge in [0.2, 0.25) is 11.7 Å². The molecule has 13 heteroatoms. The van der Waals surface area contributed by atoms with Crippen LogP contribution in [0.15, 0.2) is 51.9 Å². The van der Waals surface area contributed by atoms with Crippen molar-refractivity contribution in [1.29, 1.82) is 0 Å². The number of esters is 1. The number of carboxylic acid groups (broad SMARTS) is 1. The predicted octanol–water partition coefficient (Wildman–Crippen LogP) is 0.0755. The summed E-state index contributed by atoms with van der Waals surface area (Å²) in [5.41, 5.74) is -0.0752. The zero-order chi connectivity index (χ0) is 26.9. The third-order valence-electron chi connectivity index (χ3n) is 5.63. The minimum atomic E-state index is -1.79. The molecule has 0 radical (unpaired) electrons. The van der Waals surface area contributed by atoms with Gasteiger partial charge in [-0.05, 0) is 17.7 Å². The van der Waals surface area contributed by atoms with Crippen molar-refractivity contribution in [2.24, 2.45) is 0 Å². The molecular formula is C24H22O13. The molecule has 2 aromatic carbocycles. The molecule has 37 heavy (non-hydrogen) atoms. The van der Waals surface area contributed by atoms with E-state index in [0.29, 0.717) is 5.56 Å². The number of carbonyl (C=O) groups excluding carboxylic acids is 1. The van der Waals surface area contributed by atoms with Crippen LogP contribution in [0.2, 0.25) is 0 Å². The van der Waals surface area contributed by atoms with Crippen LogP contribution in [0.3, 0.4) is 0 Å². The Labute approximate surface area is 207 Å². The summed E-state index contributed by atoms with van der Waals surface area (Å²) in [6, 6.07) is 8.05. The van der Waals surface area contributed by atoms with Gasteiger partial charge in [0.25, 0.3) is 0 Å². The number of ether oxygens (including phenoxy) is 3. The maximum atomic E-state index is 13.0. The monoisotopic (exact) mass is 518 g/mol. The Hall–Kier alpha value is -4.17.